The maximum Gasteiger partial charge on any atom is 0.338 e. The maximum atomic E-state index is 15.4. The molecule has 0 saturated carbocycles. The van der Waals surface area contributed by atoms with Gasteiger partial charge in [0.15, 0.2) is 0 Å². The number of aryl methyl sites for hydroxylation is 1. The van der Waals surface area contributed by atoms with Crippen LogP contribution in [0.15, 0.2) is 121 Å². The zero-order valence-corrected chi connectivity index (χ0v) is 29.1. The Hall–Kier alpha value is -6.79. The zero-order valence-electron chi connectivity index (χ0n) is 29.1. The number of esters is 4. The first-order valence-corrected chi connectivity index (χ1v) is 15.8. The van der Waals surface area contributed by atoms with E-state index in [-0.39, 0.29) is 46.1 Å². The summed E-state index contributed by atoms with van der Waals surface area (Å²) in [6, 6.07) is 21.5. The van der Waals surface area contributed by atoms with E-state index in [4.69, 9.17) is 18.9 Å². The predicted molar refractivity (Wildman–Crippen MR) is 196 cm³/mol. The van der Waals surface area contributed by atoms with Crippen molar-refractivity contribution in [1.29, 1.82) is 0 Å². The highest BCUT2D eigenvalue weighted by molar-refractivity contribution is 5.92. The number of halogens is 1. The Bertz CT molecular complexity index is 2180. The number of hydrogen-bond acceptors (Lipinski definition) is 8. The Morgan fingerprint density at radius 3 is 1.87 bits per heavy atom. The van der Waals surface area contributed by atoms with E-state index < -0.39 is 29.7 Å². The highest BCUT2D eigenvalue weighted by atomic mass is 19.1. The highest BCUT2D eigenvalue weighted by Crippen LogP contribution is 2.28. The molecular weight excluding hydrogens is 663 g/mol. The van der Waals surface area contributed by atoms with Gasteiger partial charge in [0.1, 0.15) is 29.7 Å². The van der Waals surface area contributed by atoms with Gasteiger partial charge < -0.3 is 18.9 Å². The molecule has 0 radical (unpaired) electrons. The smallest absolute Gasteiger partial charge is 0.338 e. The van der Waals surface area contributed by atoms with Gasteiger partial charge in [-0.25, -0.2) is 23.6 Å². The van der Waals surface area contributed by atoms with Crippen molar-refractivity contribution in [2.24, 2.45) is 0 Å². The topological polar surface area (TPSA) is 105 Å². The average molecular weight is 699 g/mol. The predicted octanol–water partition coefficient (Wildman–Crippen LogP) is 8.40. The first-order chi connectivity index (χ1) is 24.7. The molecule has 0 aromatic heterocycles. The summed E-state index contributed by atoms with van der Waals surface area (Å²) in [6.45, 7) is 17.3. The first-order valence-electron chi connectivity index (χ1n) is 15.8. The minimum absolute atomic E-state index is 0.0831. The summed E-state index contributed by atoms with van der Waals surface area (Å²) < 4.78 is 36.4. The van der Waals surface area contributed by atoms with Crippen molar-refractivity contribution >= 4 is 30.0 Å². The van der Waals surface area contributed by atoms with Gasteiger partial charge in [0.2, 0.25) is 0 Å². The lowest BCUT2D eigenvalue weighted by atomic mass is 9.97. The SMILES string of the molecule is C=C(C)C(=O)OCc1ccc(-c2ccc(C#Cc3cc(F)c(/C=C/C(=O)Oc4ccc(OC(=O)C(=C)C)cc4)c(OC(=O)C(=C)C)c3)cc2)c(C)c1. The van der Waals surface area contributed by atoms with Gasteiger partial charge >= 0.3 is 23.9 Å². The van der Waals surface area contributed by atoms with Gasteiger partial charge in [0.25, 0.3) is 0 Å². The van der Waals surface area contributed by atoms with Gasteiger partial charge in [-0.2, -0.15) is 0 Å². The lowest BCUT2D eigenvalue weighted by Gasteiger charge is -2.10. The van der Waals surface area contributed by atoms with E-state index in [1.807, 2.05) is 49.4 Å². The molecule has 0 spiro atoms. The van der Waals surface area contributed by atoms with Crippen LogP contribution in [0, 0.1) is 24.6 Å². The minimum atomic E-state index is -0.842. The Kier molecular flexibility index (Phi) is 12.6. The lowest BCUT2D eigenvalue weighted by Crippen LogP contribution is -2.10. The molecule has 4 aromatic rings. The normalized spacial score (nSPS) is 10.4. The minimum Gasteiger partial charge on any atom is -0.457 e. The standard InChI is InChI=1S/C43H35FO8/c1-26(2)41(46)49-25-32-12-19-36(29(7)22-32)33-13-10-30(11-14-33)8-9-31-23-38(44)37(39(24-31)52-43(48)28(5)6)20-21-40(45)50-34-15-17-35(18-16-34)51-42(47)27(3)4/h10-24H,1,3,5,25H2,2,4,6-7H3/b21-20+. The molecular formula is C43H35FO8. The van der Waals surface area contributed by atoms with Crippen molar-refractivity contribution in [1.82, 2.24) is 0 Å². The maximum absolute atomic E-state index is 15.4. The van der Waals surface area contributed by atoms with Crippen molar-refractivity contribution < 1.29 is 42.5 Å². The Balaban J connectivity index is 1.50. The Morgan fingerprint density at radius 2 is 1.27 bits per heavy atom. The van der Waals surface area contributed by atoms with Gasteiger partial charge in [-0.3, -0.25) is 0 Å². The van der Waals surface area contributed by atoms with Crippen molar-refractivity contribution in [3.05, 3.63) is 155 Å². The molecule has 0 saturated heterocycles. The first kappa shape index (κ1) is 38.0. The molecule has 0 unspecified atom stereocenters. The number of hydrogen-bond donors (Lipinski definition) is 0. The van der Waals surface area contributed by atoms with Gasteiger partial charge in [0, 0.05) is 33.9 Å². The molecule has 9 heteroatoms. The van der Waals surface area contributed by atoms with Gasteiger partial charge in [0.05, 0.1) is 5.56 Å². The van der Waals surface area contributed by atoms with E-state index in [0.717, 1.165) is 40.5 Å². The molecule has 0 amide bonds. The monoisotopic (exact) mass is 698 g/mol. The van der Waals surface area contributed by atoms with E-state index in [0.29, 0.717) is 11.1 Å². The van der Waals surface area contributed by atoms with Crippen molar-refractivity contribution in [2.75, 3.05) is 0 Å². The van der Waals surface area contributed by atoms with Gasteiger partial charge in [-0.1, -0.05) is 61.9 Å². The van der Waals surface area contributed by atoms with Crippen LogP contribution in [-0.2, 0) is 30.5 Å². The van der Waals surface area contributed by atoms with Crippen LogP contribution in [0.25, 0.3) is 17.2 Å². The van der Waals surface area contributed by atoms with E-state index in [2.05, 4.69) is 31.6 Å². The molecule has 0 bridgehead atoms. The second-order valence-corrected chi connectivity index (χ2v) is 11.8. The zero-order chi connectivity index (χ0) is 37.9. The molecule has 0 aliphatic carbocycles. The number of ether oxygens (including phenoxy) is 4. The summed E-state index contributed by atoms with van der Waals surface area (Å²) in [5, 5.41) is 0. The van der Waals surface area contributed by atoms with Crippen LogP contribution in [0.3, 0.4) is 0 Å². The molecule has 8 nitrogen and oxygen atoms in total. The number of rotatable bonds is 11. The van der Waals surface area contributed by atoms with Crippen LogP contribution in [-0.4, -0.2) is 23.9 Å². The van der Waals surface area contributed by atoms with Gasteiger partial charge in [-0.15, -0.1) is 0 Å². The van der Waals surface area contributed by atoms with E-state index in [1.165, 1.54) is 44.2 Å². The largest absolute Gasteiger partial charge is 0.457 e. The molecule has 4 aromatic carbocycles. The summed E-state index contributed by atoms with van der Waals surface area (Å²) >= 11 is 0. The summed E-state index contributed by atoms with van der Waals surface area (Å²) in [5.74, 6) is 2.62. The fraction of sp³-hybridized carbons (Fsp3) is 0.116. The van der Waals surface area contributed by atoms with Crippen molar-refractivity contribution in [3.8, 4) is 40.2 Å². The third kappa shape index (κ3) is 10.6. The summed E-state index contributed by atoms with van der Waals surface area (Å²) in [5.41, 5.74) is 5.13. The van der Waals surface area contributed by atoms with Gasteiger partial charge in [-0.05, 0) is 105 Å². The van der Waals surface area contributed by atoms with Crippen molar-refractivity contribution in [3.63, 3.8) is 0 Å². The highest BCUT2D eigenvalue weighted by Gasteiger charge is 2.15. The third-order valence-corrected chi connectivity index (χ3v) is 7.19. The Labute approximate surface area is 301 Å². The summed E-state index contributed by atoms with van der Waals surface area (Å²) in [4.78, 5) is 48.3. The molecule has 4 rings (SSSR count). The van der Waals surface area contributed by atoms with Crippen LogP contribution in [0.4, 0.5) is 4.39 Å². The fourth-order valence-corrected chi connectivity index (χ4v) is 4.46. The van der Waals surface area contributed by atoms with E-state index in [9.17, 15) is 19.2 Å². The molecule has 0 atom stereocenters. The summed E-state index contributed by atoms with van der Waals surface area (Å²) in [6.07, 6.45) is 2.10. The van der Waals surface area contributed by atoms with E-state index >= 15 is 4.39 Å². The average Bonchev–Trinajstić information content (AvgIpc) is 3.10. The fourth-order valence-electron chi connectivity index (χ4n) is 4.46. The summed E-state index contributed by atoms with van der Waals surface area (Å²) in [7, 11) is 0. The lowest BCUT2D eigenvalue weighted by molar-refractivity contribution is -0.140. The molecule has 0 heterocycles. The molecule has 262 valence electrons. The third-order valence-electron chi connectivity index (χ3n) is 7.19. The quantitative estimate of drug-likeness (QED) is 0.0666. The van der Waals surface area contributed by atoms with Crippen LogP contribution in [0.1, 0.15) is 48.6 Å². The van der Waals surface area contributed by atoms with Crippen molar-refractivity contribution in [2.45, 2.75) is 34.3 Å². The molecule has 52 heavy (non-hydrogen) atoms. The second kappa shape index (κ2) is 17.2. The van der Waals surface area contributed by atoms with E-state index in [1.54, 1.807) is 6.92 Å². The second-order valence-electron chi connectivity index (χ2n) is 11.8. The van der Waals surface area contributed by atoms with Crippen LogP contribution < -0.4 is 14.2 Å². The number of benzene rings is 4. The van der Waals surface area contributed by atoms with Crippen LogP contribution in [0.5, 0.6) is 17.2 Å². The molecule has 0 N–H and O–H groups in total. The number of carbonyl (C=O) groups is 4. The molecule has 0 aliphatic heterocycles. The Morgan fingerprint density at radius 1 is 0.692 bits per heavy atom. The molecule has 0 fully saturated rings. The number of carbonyl (C=O) groups excluding carboxylic acids is 4. The van der Waals surface area contributed by atoms with Crippen LogP contribution in [0.2, 0.25) is 0 Å². The molecule has 0 aliphatic rings. The van der Waals surface area contributed by atoms with Crippen LogP contribution >= 0.6 is 0 Å².